The van der Waals surface area contributed by atoms with Crippen molar-refractivity contribution in [3.05, 3.63) is 84.1 Å². The summed E-state index contributed by atoms with van der Waals surface area (Å²) in [6.45, 7) is 0.196. The molecule has 1 amide bonds. The van der Waals surface area contributed by atoms with E-state index in [1.807, 2.05) is 0 Å². The first kappa shape index (κ1) is 22.6. The van der Waals surface area contributed by atoms with Gasteiger partial charge in [0.25, 0.3) is 0 Å². The van der Waals surface area contributed by atoms with Gasteiger partial charge in [0, 0.05) is 5.69 Å². The summed E-state index contributed by atoms with van der Waals surface area (Å²) < 4.78 is 60.0. The number of halogens is 4. The number of thioether (sulfide) groups is 1. The van der Waals surface area contributed by atoms with E-state index < -0.39 is 23.5 Å². The Morgan fingerprint density at radius 1 is 1.06 bits per heavy atom. The number of nitrogens with zero attached hydrogens (tertiary/aromatic N) is 3. The van der Waals surface area contributed by atoms with Crippen molar-refractivity contribution in [1.29, 1.82) is 0 Å². The lowest BCUT2D eigenvalue weighted by molar-refractivity contribution is -0.137. The van der Waals surface area contributed by atoms with Crippen molar-refractivity contribution in [2.24, 2.45) is 0 Å². The van der Waals surface area contributed by atoms with Gasteiger partial charge in [0.05, 0.1) is 29.7 Å². The molecule has 0 saturated carbocycles. The van der Waals surface area contributed by atoms with Gasteiger partial charge < -0.3 is 9.73 Å². The summed E-state index contributed by atoms with van der Waals surface area (Å²) in [4.78, 5) is 12.4. The molecule has 4 rings (SSSR count). The minimum atomic E-state index is -4.51. The first-order chi connectivity index (χ1) is 15.8. The van der Waals surface area contributed by atoms with E-state index in [4.69, 9.17) is 4.42 Å². The molecule has 0 aliphatic rings. The third-order valence-corrected chi connectivity index (χ3v) is 5.50. The van der Waals surface area contributed by atoms with Gasteiger partial charge in [-0.05, 0) is 42.5 Å². The van der Waals surface area contributed by atoms with Crippen molar-refractivity contribution in [3.63, 3.8) is 0 Å². The van der Waals surface area contributed by atoms with Gasteiger partial charge in [-0.1, -0.05) is 30.0 Å². The molecule has 2 heterocycles. The summed E-state index contributed by atoms with van der Waals surface area (Å²) in [5.41, 5.74) is -0.600. The molecule has 2 aromatic heterocycles. The van der Waals surface area contributed by atoms with Crippen LogP contribution in [-0.2, 0) is 17.5 Å². The number of alkyl halides is 3. The number of hydrogen-bond acceptors (Lipinski definition) is 5. The third kappa shape index (κ3) is 5.43. The van der Waals surface area contributed by atoms with Crippen LogP contribution in [0, 0.1) is 5.82 Å². The number of amides is 1. The van der Waals surface area contributed by atoms with Gasteiger partial charge in [0.15, 0.2) is 11.0 Å². The highest BCUT2D eigenvalue weighted by Gasteiger charge is 2.30. The molecule has 2 aromatic carbocycles. The molecular weight excluding hydrogens is 460 g/mol. The van der Waals surface area contributed by atoms with Gasteiger partial charge in [-0.25, -0.2) is 4.39 Å². The number of nitrogens with one attached hydrogen (secondary N) is 1. The summed E-state index contributed by atoms with van der Waals surface area (Å²) in [7, 11) is 0. The third-order valence-electron chi connectivity index (χ3n) is 4.53. The second kappa shape index (κ2) is 9.49. The molecular formula is C22H16F4N4O2S. The predicted molar refractivity (Wildman–Crippen MR) is 114 cm³/mol. The number of carbonyl (C=O) groups is 1. The predicted octanol–water partition coefficient (Wildman–Crippen LogP) is 5.48. The van der Waals surface area contributed by atoms with Crippen LogP contribution < -0.4 is 5.32 Å². The minimum absolute atomic E-state index is 0.0273. The fourth-order valence-corrected chi connectivity index (χ4v) is 3.78. The molecule has 0 unspecified atom stereocenters. The normalized spacial score (nSPS) is 11.5. The number of hydrogen-bond donors (Lipinski definition) is 1. The highest BCUT2D eigenvalue weighted by atomic mass is 32.2. The van der Waals surface area contributed by atoms with Crippen LogP contribution in [0.2, 0.25) is 0 Å². The Morgan fingerprint density at radius 2 is 1.88 bits per heavy atom. The molecule has 6 nitrogen and oxygen atoms in total. The first-order valence-electron chi connectivity index (χ1n) is 9.61. The molecule has 0 fully saturated rings. The summed E-state index contributed by atoms with van der Waals surface area (Å²) in [6, 6.07) is 13.9. The van der Waals surface area contributed by atoms with Crippen LogP contribution in [0.3, 0.4) is 0 Å². The van der Waals surface area contributed by atoms with Gasteiger partial charge in [0.1, 0.15) is 11.6 Å². The standard InChI is InChI=1S/C22H16F4N4O2S/c23-18-9-2-1-8-17(18)20-28-29-21(30(20)12-16-7-4-10-32-16)33-13-19(31)27-15-6-3-5-14(11-15)22(24,25)26/h1-11H,12-13H2,(H,27,31). The van der Waals surface area contributed by atoms with Gasteiger partial charge in [0.2, 0.25) is 5.91 Å². The Kier molecular flexibility index (Phi) is 6.50. The van der Waals surface area contributed by atoms with Crippen LogP contribution in [0.5, 0.6) is 0 Å². The van der Waals surface area contributed by atoms with Crippen molar-refractivity contribution in [3.8, 4) is 11.4 Å². The number of carbonyl (C=O) groups excluding carboxylic acids is 1. The van der Waals surface area contributed by atoms with Crippen molar-refractivity contribution >= 4 is 23.4 Å². The van der Waals surface area contributed by atoms with Gasteiger partial charge in [-0.2, -0.15) is 13.2 Å². The molecule has 0 saturated heterocycles. The summed E-state index contributed by atoms with van der Waals surface area (Å²) in [5.74, 6) is -0.333. The van der Waals surface area contributed by atoms with Gasteiger partial charge in [-0.15, -0.1) is 10.2 Å². The number of furan rings is 1. The van der Waals surface area contributed by atoms with E-state index in [2.05, 4.69) is 15.5 Å². The molecule has 0 radical (unpaired) electrons. The lowest BCUT2D eigenvalue weighted by Crippen LogP contribution is -2.15. The quantitative estimate of drug-likeness (QED) is 0.283. The Morgan fingerprint density at radius 3 is 2.61 bits per heavy atom. The average Bonchev–Trinajstić information content (AvgIpc) is 3.43. The van der Waals surface area contributed by atoms with Crippen molar-refractivity contribution < 1.29 is 26.8 Å². The summed E-state index contributed by atoms with van der Waals surface area (Å²) in [5, 5.41) is 10.9. The largest absolute Gasteiger partial charge is 0.467 e. The smallest absolute Gasteiger partial charge is 0.416 e. The topological polar surface area (TPSA) is 73.0 Å². The van der Waals surface area contributed by atoms with E-state index in [0.29, 0.717) is 10.9 Å². The zero-order chi connectivity index (χ0) is 23.4. The molecule has 170 valence electrons. The first-order valence-corrected chi connectivity index (χ1v) is 10.6. The van der Waals surface area contributed by atoms with Gasteiger partial charge >= 0.3 is 6.18 Å². The van der Waals surface area contributed by atoms with Gasteiger partial charge in [-0.3, -0.25) is 9.36 Å². The molecule has 0 spiro atoms. The Labute approximate surface area is 189 Å². The lowest BCUT2D eigenvalue weighted by Gasteiger charge is -2.11. The maximum atomic E-state index is 14.4. The number of anilines is 1. The summed E-state index contributed by atoms with van der Waals surface area (Å²) in [6.07, 6.45) is -3.02. The van der Waals surface area contributed by atoms with E-state index in [-0.39, 0.29) is 29.4 Å². The molecule has 1 N–H and O–H groups in total. The molecule has 33 heavy (non-hydrogen) atoms. The van der Waals surface area contributed by atoms with Crippen LogP contribution in [0.15, 0.2) is 76.5 Å². The van der Waals surface area contributed by atoms with E-state index in [9.17, 15) is 22.4 Å². The average molecular weight is 476 g/mol. The highest BCUT2D eigenvalue weighted by Crippen LogP contribution is 2.31. The fourth-order valence-electron chi connectivity index (χ4n) is 3.04. The molecule has 0 atom stereocenters. The molecule has 4 aromatic rings. The van der Waals surface area contributed by atoms with Crippen LogP contribution >= 0.6 is 11.8 Å². The number of benzene rings is 2. The van der Waals surface area contributed by atoms with Crippen LogP contribution in [0.25, 0.3) is 11.4 Å². The molecule has 0 bridgehead atoms. The second-order valence-electron chi connectivity index (χ2n) is 6.87. The van der Waals surface area contributed by atoms with Crippen LogP contribution in [0.4, 0.5) is 23.2 Å². The van der Waals surface area contributed by atoms with Crippen LogP contribution in [-0.4, -0.2) is 26.4 Å². The molecule has 0 aliphatic carbocycles. The Hall–Kier alpha value is -3.60. The second-order valence-corrected chi connectivity index (χ2v) is 7.81. The zero-order valence-corrected chi connectivity index (χ0v) is 17.7. The fraction of sp³-hybridized carbons (Fsp3) is 0.136. The maximum absolute atomic E-state index is 14.4. The van der Waals surface area contributed by atoms with E-state index in [1.165, 1.54) is 24.5 Å². The van der Waals surface area contributed by atoms with Crippen molar-refractivity contribution in [1.82, 2.24) is 14.8 Å². The van der Waals surface area contributed by atoms with Crippen LogP contribution in [0.1, 0.15) is 11.3 Å². The highest BCUT2D eigenvalue weighted by molar-refractivity contribution is 7.99. The van der Waals surface area contributed by atoms with Crippen molar-refractivity contribution in [2.75, 3.05) is 11.1 Å². The molecule has 0 aliphatic heterocycles. The lowest BCUT2D eigenvalue weighted by atomic mass is 10.2. The SMILES string of the molecule is O=C(CSc1nnc(-c2ccccc2F)n1Cc1ccco1)Nc1cccc(C(F)(F)F)c1. The Bertz CT molecular complexity index is 1260. The monoisotopic (exact) mass is 476 g/mol. The summed E-state index contributed by atoms with van der Waals surface area (Å²) >= 11 is 1.02. The number of aromatic nitrogens is 3. The van der Waals surface area contributed by atoms with E-state index in [0.717, 1.165) is 23.9 Å². The zero-order valence-electron chi connectivity index (χ0n) is 16.8. The van der Waals surface area contributed by atoms with E-state index in [1.54, 1.807) is 34.9 Å². The van der Waals surface area contributed by atoms with E-state index >= 15 is 0 Å². The van der Waals surface area contributed by atoms with Crippen molar-refractivity contribution in [2.45, 2.75) is 17.9 Å². The Balaban J connectivity index is 1.52. The maximum Gasteiger partial charge on any atom is 0.416 e. The number of rotatable bonds is 7. The minimum Gasteiger partial charge on any atom is -0.467 e. The molecule has 11 heteroatoms.